The van der Waals surface area contributed by atoms with Crippen LogP contribution in [0.3, 0.4) is 0 Å². The van der Waals surface area contributed by atoms with E-state index in [1.54, 1.807) is 36.7 Å². The Morgan fingerprint density at radius 2 is 1.79 bits per heavy atom. The topological polar surface area (TPSA) is 119 Å². The molecule has 43 heavy (non-hydrogen) atoms. The Morgan fingerprint density at radius 3 is 2.47 bits per heavy atom. The van der Waals surface area contributed by atoms with Crippen LogP contribution in [0, 0.1) is 0 Å². The summed E-state index contributed by atoms with van der Waals surface area (Å²) in [5.41, 5.74) is 7.99. The van der Waals surface area contributed by atoms with E-state index in [9.17, 15) is 22.8 Å². The zero-order valence-electron chi connectivity index (χ0n) is 23.7. The first-order chi connectivity index (χ1) is 20.6. The minimum Gasteiger partial charge on any atom is -0.382 e. The van der Waals surface area contributed by atoms with Gasteiger partial charge >= 0.3 is 6.18 Å². The first-order valence-electron chi connectivity index (χ1n) is 14.5. The second kappa shape index (κ2) is 11.3. The molecule has 1 aliphatic heterocycles. The molecule has 0 radical (unpaired) electrons. The number of piperidine rings is 1. The number of halogens is 3. The predicted octanol–water partition coefficient (Wildman–Crippen LogP) is 6.03. The van der Waals surface area contributed by atoms with Gasteiger partial charge in [-0.05, 0) is 49.9 Å². The number of benzene rings is 1. The summed E-state index contributed by atoms with van der Waals surface area (Å²) in [7, 11) is 0. The minimum atomic E-state index is -4.55. The fourth-order valence-corrected chi connectivity index (χ4v) is 5.88. The number of rotatable bonds is 6. The lowest BCUT2D eigenvalue weighted by atomic mass is 9.82. The molecule has 6 rings (SSSR count). The van der Waals surface area contributed by atoms with Crippen molar-refractivity contribution in [3.05, 3.63) is 71.4 Å². The fourth-order valence-electron chi connectivity index (χ4n) is 5.88. The number of carbonyl (C=O) groups is 2. The Morgan fingerprint density at radius 1 is 1.05 bits per heavy atom. The molecule has 3 N–H and O–H groups in total. The average molecular weight is 592 g/mol. The number of imidazole rings is 1. The summed E-state index contributed by atoms with van der Waals surface area (Å²) in [4.78, 5) is 40.9. The molecule has 9 nitrogen and oxygen atoms in total. The van der Waals surface area contributed by atoms with E-state index in [1.807, 2.05) is 16.2 Å². The zero-order chi connectivity index (χ0) is 30.3. The van der Waals surface area contributed by atoms with Gasteiger partial charge in [0.2, 0.25) is 5.91 Å². The molecule has 0 bridgehead atoms. The number of alkyl halides is 3. The van der Waals surface area contributed by atoms with E-state index in [2.05, 4.69) is 15.3 Å². The summed E-state index contributed by atoms with van der Waals surface area (Å²) in [6.07, 6.45) is 3.57. The molecule has 4 aromatic rings. The van der Waals surface area contributed by atoms with E-state index in [1.165, 1.54) is 0 Å². The smallest absolute Gasteiger partial charge is 0.382 e. The van der Waals surface area contributed by atoms with Crippen molar-refractivity contribution in [3.63, 3.8) is 0 Å². The molecule has 1 saturated carbocycles. The second-order valence-corrected chi connectivity index (χ2v) is 11.2. The maximum atomic E-state index is 13.6. The molecule has 1 aliphatic carbocycles. The molecule has 2 amide bonds. The zero-order valence-corrected chi connectivity index (χ0v) is 23.7. The van der Waals surface area contributed by atoms with Gasteiger partial charge in [-0.1, -0.05) is 25.5 Å². The van der Waals surface area contributed by atoms with Crippen molar-refractivity contribution in [3.8, 4) is 11.3 Å². The number of nitrogens with one attached hydrogen (secondary N) is 1. The highest BCUT2D eigenvalue weighted by Gasteiger charge is 2.34. The van der Waals surface area contributed by atoms with Crippen molar-refractivity contribution in [1.82, 2.24) is 24.3 Å². The van der Waals surface area contributed by atoms with Gasteiger partial charge < -0.3 is 16.0 Å². The van der Waals surface area contributed by atoms with E-state index in [4.69, 9.17) is 10.7 Å². The molecular formula is C31H32F3N7O2. The number of carbonyl (C=O) groups excluding carboxylic acids is 2. The van der Waals surface area contributed by atoms with Gasteiger partial charge in [-0.25, -0.2) is 15.0 Å². The first-order valence-corrected chi connectivity index (χ1v) is 14.5. The molecule has 2 aliphatic rings. The summed E-state index contributed by atoms with van der Waals surface area (Å²) in [6.45, 7) is 3.15. The molecule has 1 saturated heterocycles. The highest BCUT2D eigenvalue weighted by Crippen LogP contribution is 2.39. The highest BCUT2D eigenvalue weighted by molar-refractivity contribution is 6.04. The largest absolute Gasteiger partial charge is 0.416 e. The third-order valence-corrected chi connectivity index (χ3v) is 8.41. The Kier molecular flexibility index (Phi) is 7.53. The molecule has 224 valence electrons. The van der Waals surface area contributed by atoms with Crippen molar-refractivity contribution < 1.29 is 22.8 Å². The fraction of sp³-hybridized carbons (Fsp3) is 0.387. The van der Waals surface area contributed by atoms with E-state index < -0.39 is 17.6 Å². The van der Waals surface area contributed by atoms with Crippen LogP contribution in [0.4, 0.5) is 24.8 Å². The average Bonchev–Trinajstić information content (AvgIpc) is 3.36. The molecule has 0 spiro atoms. The Hall–Kier alpha value is -4.48. The summed E-state index contributed by atoms with van der Waals surface area (Å²) in [5, 5.41) is 2.55. The number of likely N-dealkylation sites (tertiary alicyclic amines) is 1. The number of hydrogen-bond donors (Lipinski definition) is 2. The molecular weight excluding hydrogens is 559 g/mol. The Bertz CT molecular complexity index is 1680. The van der Waals surface area contributed by atoms with Crippen LogP contribution in [0.2, 0.25) is 0 Å². The van der Waals surface area contributed by atoms with Crippen molar-refractivity contribution in [2.75, 3.05) is 24.1 Å². The molecule has 12 heteroatoms. The van der Waals surface area contributed by atoms with Gasteiger partial charge in [0, 0.05) is 60.6 Å². The van der Waals surface area contributed by atoms with Crippen molar-refractivity contribution in [2.45, 2.75) is 63.5 Å². The van der Waals surface area contributed by atoms with Gasteiger partial charge in [-0.2, -0.15) is 13.2 Å². The summed E-state index contributed by atoms with van der Waals surface area (Å²) < 4.78 is 42.6. The number of nitrogen functional groups attached to an aromatic ring is 1. The van der Waals surface area contributed by atoms with Crippen molar-refractivity contribution in [2.24, 2.45) is 0 Å². The third-order valence-electron chi connectivity index (χ3n) is 8.41. The van der Waals surface area contributed by atoms with Crippen LogP contribution < -0.4 is 11.1 Å². The van der Waals surface area contributed by atoms with Crippen LogP contribution >= 0.6 is 0 Å². The quantitative estimate of drug-likeness (QED) is 0.283. The molecule has 1 unspecified atom stereocenters. The van der Waals surface area contributed by atoms with Crippen LogP contribution in [0.15, 0.2) is 48.8 Å². The molecule has 2 fully saturated rings. The number of hydrogen-bond acceptors (Lipinski definition) is 6. The Balaban J connectivity index is 1.27. The number of fused-ring (bicyclic) bond motifs is 1. The molecule has 4 heterocycles. The number of amides is 2. The van der Waals surface area contributed by atoms with Crippen LogP contribution in [0.5, 0.6) is 0 Å². The molecule has 1 atom stereocenters. The maximum Gasteiger partial charge on any atom is 0.416 e. The lowest BCUT2D eigenvalue weighted by molar-refractivity contribution is -0.137. The van der Waals surface area contributed by atoms with Gasteiger partial charge in [-0.15, -0.1) is 0 Å². The van der Waals surface area contributed by atoms with Crippen LogP contribution in [0.1, 0.15) is 84.7 Å². The lowest BCUT2D eigenvalue weighted by Crippen LogP contribution is -2.39. The second-order valence-electron chi connectivity index (χ2n) is 11.2. The third kappa shape index (κ3) is 5.65. The van der Waals surface area contributed by atoms with Gasteiger partial charge in [0.1, 0.15) is 28.7 Å². The molecule has 3 aromatic heterocycles. The maximum absolute atomic E-state index is 13.6. The van der Waals surface area contributed by atoms with E-state index in [0.717, 1.165) is 56.6 Å². The van der Waals surface area contributed by atoms with Gasteiger partial charge in [-0.3, -0.25) is 14.0 Å². The van der Waals surface area contributed by atoms with E-state index in [0.29, 0.717) is 41.3 Å². The lowest BCUT2D eigenvalue weighted by Gasteiger charge is -2.32. The number of anilines is 2. The standard InChI is InChI=1S/C31H32F3N7O2/c1-2-25(42)40-13-4-7-21(17-40)29-39-26(27-28(35)36-12-14-41(27)29)19-8-10-20(11-9-19)30(43)38-24-16-22(31(32,33)34)15-23(37-24)18-5-3-6-18/h8-12,14-16,18,21H,2-7,13,17H2,1H3,(H2,35,36)(H,37,38,43). The first kappa shape index (κ1) is 28.6. The number of pyridine rings is 1. The van der Waals surface area contributed by atoms with Crippen LogP contribution in [-0.2, 0) is 11.0 Å². The highest BCUT2D eigenvalue weighted by atomic mass is 19.4. The monoisotopic (exact) mass is 591 g/mol. The van der Waals surface area contributed by atoms with Crippen LogP contribution in [-0.4, -0.2) is 49.2 Å². The van der Waals surface area contributed by atoms with Crippen LogP contribution in [0.25, 0.3) is 16.8 Å². The number of aromatic nitrogens is 4. The summed E-state index contributed by atoms with van der Waals surface area (Å²) in [5.74, 6) is 0.482. The summed E-state index contributed by atoms with van der Waals surface area (Å²) in [6, 6.07) is 8.56. The van der Waals surface area contributed by atoms with Gasteiger partial charge in [0.05, 0.1) is 5.56 Å². The SMILES string of the molecule is CCC(=O)N1CCCC(c2nc(-c3ccc(C(=O)Nc4cc(C(F)(F)F)cc(C5CCC5)n4)cc3)c3c(N)nccn23)C1. The van der Waals surface area contributed by atoms with E-state index in [-0.39, 0.29) is 29.1 Å². The summed E-state index contributed by atoms with van der Waals surface area (Å²) >= 11 is 0. The van der Waals surface area contributed by atoms with Gasteiger partial charge in [0.25, 0.3) is 5.91 Å². The van der Waals surface area contributed by atoms with Crippen molar-refractivity contribution >= 4 is 29.0 Å². The Labute approximate surface area is 246 Å². The predicted molar refractivity (Wildman–Crippen MR) is 155 cm³/mol. The van der Waals surface area contributed by atoms with Gasteiger partial charge in [0.15, 0.2) is 0 Å². The number of nitrogens with zero attached hydrogens (tertiary/aromatic N) is 5. The minimum absolute atomic E-state index is 0.0159. The van der Waals surface area contributed by atoms with E-state index >= 15 is 0 Å². The number of nitrogens with two attached hydrogens (primary N) is 1. The van der Waals surface area contributed by atoms with Crippen molar-refractivity contribution in [1.29, 1.82) is 0 Å². The normalized spacial score (nSPS) is 17.6. The molecule has 1 aromatic carbocycles.